The maximum absolute atomic E-state index is 13.2. The predicted molar refractivity (Wildman–Crippen MR) is 76.8 cm³/mol. The fraction of sp³-hybridized carbons (Fsp3) is 0.286. The molecule has 0 saturated heterocycles. The summed E-state index contributed by atoms with van der Waals surface area (Å²) >= 11 is 5.92. The minimum absolute atomic E-state index is 0.0715. The van der Waals surface area contributed by atoms with Crippen LogP contribution < -0.4 is 0 Å². The molecule has 0 amide bonds. The Kier molecular flexibility index (Phi) is 3.06. The third kappa shape index (κ3) is 2.42. The average Bonchev–Trinajstić information content (AvgIpc) is 3.27. The number of imidazole rings is 1. The Morgan fingerprint density at radius 1 is 1.17 bits per heavy atom. The molecular formula is C14H9ClF3N5. The van der Waals surface area contributed by atoms with E-state index < -0.39 is 11.9 Å². The fourth-order valence-electron chi connectivity index (χ4n) is 2.54. The third-order valence-corrected chi connectivity index (χ3v) is 3.85. The minimum Gasteiger partial charge on any atom is -0.305 e. The molecule has 118 valence electrons. The number of alkyl halides is 3. The monoisotopic (exact) mass is 339 g/mol. The molecule has 0 bridgehead atoms. The third-order valence-electron chi connectivity index (χ3n) is 3.64. The van der Waals surface area contributed by atoms with Crippen molar-refractivity contribution in [3.8, 4) is 11.4 Å². The second-order valence-electron chi connectivity index (χ2n) is 5.30. The highest BCUT2D eigenvalue weighted by molar-refractivity contribution is 6.29. The maximum Gasteiger partial charge on any atom is 0.434 e. The Balaban J connectivity index is 2.02. The number of aromatic nitrogens is 5. The number of rotatable bonds is 2. The first kappa shape index (κ1) is 14.4. The van der Waals surface area contributed by atoms with E-state index in [1.54, 1.807) is 16.7 Å². The van der Waals surface area contributed by atoms with Gasteiger partial charge in [0.25, 0.3) is 0 Å². The first-order valence-electron chi connectivity index (χ1n) is 6.87. The molecule has 1 aliphatic carbocycles. The molecule has 3 aromatic rings. The largest absolute Gasteiger partial charge is 0.434 e. The molecule has 4 rings (SSSR count). The van der Waals surface area contributed by atoms with Crippen molar-refractivity contribution >= 4 is 22.8 Å². The molecule has 1 saturated carbocycles. The molecule has 0 atom stereocenters. The van der Waals surface area contributed by atoms with E-state index in [2.05, 4.69) is 19.9 Å². The molecule has 9 heteroatoms. The Hall–Kier alpha value is -2.22. The Morgan fingerprint density at radius 2 is 1.96 bits per heavy atom. The zero-order valence-electron chi connectivity index (χ0n) is 11.5. The summed E-state index contributed by atoms with van der Waals surface area (Å²) in [4.78, 5) is 15.7. The van der Waals surface area contributed by atoms with Crippen molar-refractivity contribution in [2.75, 3.05) is 0 Å². The van der Waals surface area contributed by atoms with E-state index in [1.807, 2.05) is 0 Å². The summed E-state index contributed by atoms with van der Waals surface area (Å²) in [6.07, 6.45) is -0.845. The van der Waals surface area contributed by atoms with Crippen LogP contribution in [0.1, 0.15) is 24.6 Å². The quantitative estimate of drug-likeness (QED) is 0.664. The highest BCUT2D eigenvalue weighted by atomic mass is 35.5. The number of hydrogen-bond donors (Lipinski definition) is 0. The van der Waals surface area contributed by atoms with Gasteiger partial charge in [-0.05, 0) is 25.0 Å². The highest BCUT2D eigenvalue weighted by Crippen LogP contribution is 2.43. The Morgan fingerprint density at radius 3 is 2.65 bits per heavy atom. The van der Waals surface area contributed by atoms with E-state index in [9.17, 15) is 13.2 Å². The summed E-state index contributed by atoms with van der Waals surface area (Å²) in [5.74, 6) is 0.171. The maximum atomic E-state index is 13.2. The van der Waals surface area contributed by atoms with E-state index in [-0.39, 0.29) is 22.6 Å². The van der Waals surface area contributed by atoms with Gasteiger partial charge in [-0.3, -0.25) is 0 Å². The van der Waals surface area contributed by atoms with E-state index in [1.165, 1.54) is 0 Å². The van der Waals surface area contributed by atoms with Crippen LogP contribution in [-0.4, -0.2) is 24.5 Å². The van der Waals surface area contributed by atoms with Gasteiger partial charge in [0.15, 0.2) is 11.3 Å². The van der Waals surface area contributed by atoms with E-state index in [0.717, 1.165) is 25.4 Å². The molecule has 0 spiro atoms. The van der Waals surface area contributed by atoms with Gasteiger partial charge in [-0.15, -0.1) is 0 Å². The summed E-state index contributed by atoms with van der Waals surface area (Å²) in [6, 6.07) is 3.27. The normalized spacial score (nSPS) is 15.3. The lowest BCUT2D eigenvalue weighted by Crippen LogP contribution is -2.12. The van der Waals surface area contributed by atoms with Crippen LogP contribution in [0.25, 0.3) is 22.6 Å². The van der Waals surface area contributed by atoms with Crippen molar-refractivity contribution in [3.05, 3.63) is 35.5 Å². The average molecular weight is 340 g/mol. The lowest BCUT2D eigenvalue weighted by molar-refractivity contribution is -0.140. The van der Waals surface area contributed by atoms with Crippen molar-refractivity contribution in [3.63, 3.8) is 0 Å². The molecule has 3 aromatic heterocycles. The van der Waals surface area contributed by atoms with Gasteiger partial charge in [-0.2, -0.15) is 13.2 Å². The lowest BCUT2D eigenvalue weighted by atomic mass is 10.2. The van der Waals surface area contributed by atoms with Gasteiger partial charge in [0.05, 0.1) is 5.56 Å². The van der Waals surface area contributed by atoms with Crippen LogP contribution in [0.4, 0.5) is 13.2 Å². The second-order valence-corrected chi connectivity index (χ2v) is 5.68. The van der Waals surface area contributed by atoms with Crippen molar-refractivity contribution in [2.24, 2.45) is 0 Å². The van der Waals surface area contributed by atoms with Crippen molar-refractivity contribution < 1.29 is 13.2 Å². The summed E-state index contributed by atoms with van der Waals surface area (Å²) in [5, 5.41) is 0.270. The molecule has 0 radical (unpaired) electrons. The van der Waals surface area contributed by atoms with Crippen LogP contribution in [0.15, 0.2) is 24.7 Å². The van der Waals surface area contributed by atoms with Gasteiger partial charge < -0.3 is 4.57 Å². The minimum atomic E-state index is -4.59. The molecule has 23 heavy (non-hydrogen) atoms. The van der Waals surface area contributed by atoms with Crippen LogP contribution in [-0.2, 0) is 6.18 Å². The van der Waals surface area contributed by atoms with Gasteiger partial charge in [0.1, 0.15) is 22.8 Å². The molecule has 0 N–H and O–H groups in total. The number of fused-ring (bicyclic) bond motifs is 1. The molecule has 0 aromatic carbocycles. The smallest absolute Gasteiger partial charge is 0.305 e. The lowest BCUT2D eigenvalue weighted by Gasteiger charge is -2.12. The summed E-state index contributed by atoms with van der Waals surface area (Å²) < 4.78 is 41.4. The molecule has 5 nitrogen and oxygen atoms in total. The fourth-order valence-corrected chi connectivity index (χ4v) is 2.68. The van der Waals surface area contributed by atoms with Crippen LogP contribution >= 0.6 is 11.6 Å². The number of halogens is 4. The van der Waals surface area contributed by atoms with Crippen LogP contribution in [0, 0.1) is 0 Å². The topological polar surface area (TPSA) is 56.5 Å². The predicted octanol–water partition coefficient (Wildman–Crippen LogP) is 3.90. The molecular weight excluding hydrogens is 331 g/mol. The van der Waals surface area contributed by atoms with E-state index in [0.29, 0.717) is 11.2 Å². The van der Waals surface area contributed by atoms with Gasteiger partial charge in [0.2, 0.25) is 0 Å². The van der Waals surface area contributed by atoms with Gasteiger partial charge in [0, 0.05) is 12.2 Å². The SMILES string of the molecule is FC(F)(F)c1ncncc1-c1nc2ccc(Cl)nc2n1C1CC1. The first-order chi connectivity index (χ1) is 10.9. The van der Waals surface area contributed by atoms with Gasteiger partial charge in [-0.25, -0.2) is 19.9 Å². The molecule has 1 fully saturated rings. The van der Waals surface area contributed by atoms with Crippen molar-refractivity contribution in [1.29, 1.82) is 0 Å². The van der Waals surface area contributed by atoms with Gasteiger partial charge in [-0.1, -0.05) is 11.6 Å². The van der Waals surface area contributed by atoms with E-state index >= 15 is 0 Å². The Labute approximate surface area is 133 Å². The number of hydrogen-bond acceptors (Lipinski definition) is 4. The Bertz CT molecular complexity index is 901. The molecule has 1 aliphatic rings. The summed E-state index contributed by atoms with van der Waals surface area (Å²) in [7, 11) is 0. The summed E-state index contributed by atoms with van der Waals surface area (Å²) in [5.41, 5.74) is -0.183. The first-order valence-corrected chi connectivity index (χ1v) is 7.25. The number of pyridine rings is 1. The summed E-state index contributed by atoms with van der Waals surface area (Å²) in [6.45, 7) is 0. The molecule has 0 aliphatic heterocycles. The van der Waals surface area contributed by atoms with Crippen molar-refractivity contribution in [1.82, 2.24) is 24.5 Å². The van der Waals surface area contributed by atoms with Crippen LogP contribution in [0.2, 0.25) is 5.15 Å². The molecule has 0 unspecified atom stereocenters. The van der Waals surface area contributed by atoms with E-state index in [4.69, 9.17) is 11.6 Å². The number of nitrogens with zero attached hydrogens (tertiary/aromatic N) is 5. The standard InChI is InChI=1S/C14H9ClF3N5/c15-10-4-3-9-13(22-10)23(7-1-2-7)12(21-9)8-5-19-6-20-11(8)14(16,17)18/h3-7H,1-2H2. The highest BCUT2D eigenvalue weighted by Gasteiger charge is 2.38. The zero-order valence-corrected chi connectivity index (χ0v) is 12.3. The van der Waals surface area contributed by atoms with Crippen LogP contribution in [0.3, 0.4) is 0 Å². The molecule has 3 heterocycles. The van der Waals surface area contributed by atoms with Crippen molar-refractivity contribution in [2.45, 2.75) is 25.1 Å². The van der Waals surface area contributed by atoms with Gasteiger partial charge >= 0.3 is 6.18 Å². The zero-order chi connectivity index (χ0) is 16.2. The van der Waals surface area contributed by atoms with Crippen LogP contribution in [0.5, 0.6) is 0 Å². The second kappa shape index (κ2) is 4.89.